The molecule has 1 aromatic carbocycles. The number of primary amides is 1. The van der Waals surface area contributed by atoms with Crippen LogP contribution in [0.4, 0.5) is 13.2 Å². The summed E-state index contributed by atoms with van der Waals surface area (Å²) < 4.78 is 44.5. The molecule has 6 rings (SSSR count). The molecule has 0 bridgehead atoms. The summed E-state index contributed by atoms with van der Waals surface area (Å²) in [6, 6.07) is 20.2. The molecule has 2 aliphatic heterocycles. The van der Waals surface area contributed by atoms with E-state index in [4.69, 9.17) is 14.9 Å². The van der Waals surface area contributed by atoms with E-state index in [1.165, 1.54) is 17.3 Å². The van der Waals surface area contributed by atoms with Gasteiger partial charge in [-0.2, -0.15) is 13.2 Å². The topological polar surface area (TPSA) is 134 Å². The van der Waals surface area contributed by atoms with Crippen LogP contribution in [0.15, 0.2) is 82.9 Å². The van der Waals surface area contributed by atoms with Crippen LogP contribution in [-0.4, -0.2) is 90.4 Å². The maximum Gasteiger partial charge on any atom is 0.405 e. The number of thiophene rings is 1. The van der Waals surface area contributed by atoms with E-state index in [1.54, 1.807) is 23.7 Å². The number of carbonyl (C=O) groups excluding carboxylic acids is 2. The van der Waals surface area contributed by atoms with Crippen molar-refractivity contribution in [1.29, 1.82) is 0 Å². The predicted octanol–water partition coefficient (Wildman–Crippen LogP) is 4.92. The van der Waals surface area contributed by atoms with E-state index in [0.717, 1.165) is 73.5 Å². The Balaban J connectivity index is 0.000000253. The second-order valence-corrected chi connectivity index (χ2v) is 13.0. The fraction of sp³-hybridized carbons (Fsp3) is 0.417. The number of halogens is 3. The summed E-state index contributed by atoms with van der Waals surface area (Å²) in [5, 5.41) is 14.1. The summed E-state index contributed by atoms with van der Waals surface area (Å²) in [6.07, 6.45) is 1.78. The van der Waals surface area contributed by atoms with E-state index < -0.39 is 24.7 Å². The van der Waals surface area contributed by atoms with Crippen molar-refractivity contribution in [3.05, 3.63) is 95.3 Å². The van der Waals surface area contributed by atoms with Crippen LogP contribution in [0.1, 0.15) is 29.7 Å². The number of pyridine rings is 1. The van der Waals surface area contributed by atoms with Crippen molar-refractivity contribution in [2.75, 3.05) is 45.9 Å². The zero-order valence-corrected chi connectivity index (χ0v) is 28.6. The van der Waals surface area contributed by atoms with Gasteiger partial charge in [-0.15, -0.1) is 11.3 Å². The fourth-order valence-electron chi connectivity index (χ4n) is 5.62. The smallest absolute Gasteiger partial charge is 0.405 e. The number of piperazine rings is 1. The summed E-state index contributed by atoms with van der Waals surface area (Å²) in [5.41, 5.74) is 7.90. The van der Waals surface area contributed by atoms with Crippen LogP contribution in [0.25, 0.3) is 10.6 Å². The number of aromatic nitrogens is 1. The van der Waals surface area contributed by atoms with Gasteiger partial charge >= 0.3 is 6.18 Å². The molecule has 5 heterocycles. The maximum absolute atomic E-state index is 11.9. The number of aliphatic hydroxyl groups excluding tert-OH is 1. The number of aliphatic hydroxyl groups is 1. The van der Waals surface area contributed by atoms with E-state index in [2.05, 4.69) is 44.4 Å². The molecule has 0 saturated carbocycles. The largest absolute Gasteiger partial charge is 0.493 e. The number of nitrogens with two attached hydrogens (primary N) is 1. The second kappa shape index (κ2) is 19.8. The van der Waals surface area contributed by atoms with Crippen molar-refractivity contribution in [3.8, 4) is 16.4 Å². The lowest BCUT2D eigenvalue weighted by Gasteiger charge is -2.35. The Morgan fingerprint density at radius 3 is 2.48 bits per heavy atom. The Bertz CT molecular complexity index is 1540. The van der Waals surface area contributed by atoms with Gasteiger partial charge in [0.1, 0.15) is 23.8 Å². The summed E-state index contributed by atoms with van der Waals surface area (Å²) in [6.45, 7) is 4.55. The Labute approximate surface area is 294 Å². The molecule has 0 aliphatic carbocycles. The number of amides is 2. The molecule has 4 aromatic rings. The van der Waals surface area contributed by atoms with Gasteiger partial charge in [0.2, 0.25) is 12.3 Å². The number of rotatable bonds is 12. The highest BCUT2D eigenvalue weighted by Crippen LogP contribution is 2.27. The number of hydrogen-bond acceptors (Lipinski definition) is 9. The van der Waals surface area contributed by atoms with Crippen molar-refractivity contribution in [2.45, 2.75) is 44.5 Å². The molecule has 50 heavy (non-hydrogen) atoms. The monoisotopic (exact) mass is 715 g/mol. The minimum Gasteiger partial charge on any atom is -0.493 e. The first-order valence-electron chi connectivity index (χ1n) is 16.5. The van der Waals surface area contributed by atoms with Crippen LogP contribution >= 0.6 is 11.3 Å². The summed E-state index contributed by atoms with van der Waals surface area (Å²) >= 11 is 1.68. The van der Waals surface area contributed by atoms with E-state index >= 15 is 0 Å². The van der Waals surface area contributed by atoms with Gasteiger partial charge in [-0.3, -0.25) is 24.4 Å². The highest BCUT2D eigenvalue weighted by molar-refractivity contribution is 7.13. The lowest BCUT2D eigenvalue weighted by Crippen LogP contribution is -2.48. The number of nitrogens with zero attached hydrogens (tertiary/aromatic N) is 3. The molecule has 14 heteroatoms. The molecule has 10 nitrogen and oxygen atoms in total. The van der Waals surface area contributed by atoms with E-state index in [1.807, 2.05) is 36.4 Å². The molecule has 4 N–H and O–H groups in total. The van der Waals surface area contributed by atoms with Gasteiger partial charge in [-0.05, 0) is 72.5 Å². The normalized spacial score (nSPS) is 15.9. The van der Waals surface area contributed by atoms with Crippen molar-refractivity contribution in [3.63, 3.8) is 0 Å². The minimum absolute atomic E-state index is 0.00743. The van der Waals surface area contributed by atoms with E-state index in [9.17, 15) is 27.9 Å². The second-order valence-electron chi connectivity index (χ2n) is 12.0. The molecule has 0 spiro atoms. The Morgan fingerprint density at radius 1 is 1.06 bits per heavy atom. The van der Waals surface area contributed by atoms with E-state index in [-0.39, 0.29) is 12.3 Å². The Kier molecular flexibility index (Phi) is 15.3. The van der Waals surface area contributed by atoms with Gasteiger partial charge in [0.05, 0.1) is 24.1 Å². The van der Waals surface area contributed by atoms with Gasteiger partial charge in [-0.25, -0.2) is 0 Å². The number of furan rings is 1. The molecular formula is C36H44F3N5O5S. The van der Waals surface area contributed by atoms with Gasteiger partial charge in [-0.1, -0.05) is 30.3 Å². The number of fused-ring (bicyclic) bond motifs is 1. The number of β-amino-alcohol motifs (C(OH)–C–C–N with tert-alkyl or cyclic N) is 1. The van der Waals surface area contributed by atoms with Crippen molar-refractivity contribution in [1.82, 2.24) is 20.1 Å². The molecule has 2 atom stereocenters. The number of nitrogens with one attached hydrogen (secondary N) is 1. The van der Waals surface area contributed by atoms with Crippen LogP contribution in [0.3, 0.4) is 0 Å². The molecule has 2 unspecified atom stereocenters. The minimum atomic E-state index is -4.29. The maximum atomic E-state index is 11.9. The van der Waals surface area contributed by atoms with Crippen molar-refractivity contribution >= 4 is 23.7 Å². The van der Waals surface area contributed by atoms with Crippen LogP contribution < -0.4 is 15.8 Å². The summed E-state index contributed by atoms with van der Waals surface area (Å²) in [4.78, 5) is 31.0. The van der Waals surface area contributed by atoms with Crippen molar-refractivity contribution < 1.29 is 37.0 Å². The van der Waals surface area contributed by atoms with Gasteiger partial charge < -0.3 is 25.3 Å². The lowest BCUT2D eigenvalue weighted by molar-refractivity contribution is -0.132. The number of carbonyl (C=O) groups is 2. The predicted molar refractivity (Wildman–Crippen MR) is 185 cm³/mol. The highest BCUT2D eigenvalue weighted by atomic mass is 32.1. The average Bonchev–Trinajstić information content (AvgIpc) is 3.82. The number of alkyl halides is 3. The molecule has 1 fully saturated rings. The molecular weight excluding hydrogens is 671 g/mol. The average molecular weight is 716 g/mol. The third-order valence-electron chi connectivity index (χ3n) is 8.11. The van der Waals surface area contributed by atoms with Gasteiger partial charge in [0.15, 0.2) is 0 Å². The first-order valence-corrected chi connectivity index (χ1v) is 17.4. The van der Waals surface area contributed by atoms with Crippen LogP contribution in [0, 0.1) is 5.92 Å². The number of ether oxygens (including phenoxy) is 1. The van der Waals surface area contributed by atoms with Gasteiger partial charge in [0.25, 0.3) is 0 Å². The molecule has 2 amide bonds. The van der Waals surface area contributed by atoms with Crippen LogP contribution in [-0.2, 0) is 29.0 Å². The number of hydrogen-bond donors (Lipinski definition) is 3. The Hall–Kier alpha value is -4.24. The zero-order valence-electron chi connectivity index (χ0n) is 27.8. The Morgan fingerprint density at radius 2 is 1.84 bits per heavy atom. The fourth-order valence-corrected chi connectivity index (χ4v) is 6.31. The number of benzene rings is 1. The molecule has 2 aliphatic rings. The third-order valence-corrected chi connectivity index (χ3v) is 8.99. The van der Waals surface area contributed by atoms with Crippen LogP contribution in [0.2, 0.25) is 0 Å². The molecule has 3 aromatic heterocycles. The summed E-state index contributed by atoms with van der Waals surface area (Å²) in [7, 11) is 0. The SMILES string of the molecule is NC(=O)C(Cc1cccnc1)CC(O)CN1CCN(Cc2ccc(-c3cccs3)o2)CC1.O=CNCC(F)(F)F.c1ccc2c(c1)CCCO2. The lowest BCUT2D eigenvalue weighted by atomic mass is 9.93. The number of aryl methyl sites for hydroxylation is 1. The standard InChI is InChI=1S/C24H30N4O3S.C9H10O.C3H4F3NO/c25-24(30)19(13-18-3-1-7-26-15-18)14-20(29)16-27-8-10-28(11-9-27)17-21-5-6-22(31-21)23-4-2-12-32-23;1-2-6-9-8(4-1)5-3-7-10-9;4-3(5,6)1-7-2-8/h1-7,12,15,19-20,29H,8-11,13-14,16-17H2,(H2,25,30);1-2,4,6H,3,5,7H2;2H,1H2,(H,7,8). The molecule has 270 valence electrons. The first-order chi connectivity index (χ1) is 24.1. The molecule has 0 radical (unpaired) electrons. The zero-order chi connectivity index (χ0) is 35.8. The van der Waals surface area contributed by atoms with Crippen LogP contribution in [0.5, 0.6) is 5.75 Å². The first kappa shape index (κ1) is 38.6. The van der Waals surface area contributed by atoms with E-state index in [0.29, 0.717) is 19.4 Å². The third kappa shape index (κ3) is 13.6. The van der Waals surface area contributed by atoms with Gasteiger partial charge in [0, 0.05) is 51.0 Å². The summed E-state index contributed by atoms with van der Waals surface area (Å²) in [5.74, 6) is 2.20. The highest BCUT2D eigenvalue weighted by Gasteiger charge is 2.26. The number of para-hydroxylation sites is 1. The quantitative estimate of drug-likeness (QED) is 0.176. The van der Waals surface area contributed by atoms with Crippen molar-refractivity contribution in [2.24, 2.45) is 11.7 Å². The molecule has 1 saturated heterocycles.